The van der Waals surface area contributed by atoms with Crippen molar-refractivity contribution in [3.05, 3.63) is 42.5 Å². The number of benzene rings is 1. The molecule has 0 aliphatic heterocycles. The highest BCUT2D eigenvalue weighted by molar-refractivity contribution is 5.91. The molecule has 18 heavy (non-hydrogen) atoms. The van der Waals surface area contributed by atoms with Gasteiger partial charge in [-0.05, 0) is 23.8 Å². The molecule has 0 atom stereocenters. The van der Waals surface area contributed by atoms with Crippen molar-refractivity contribution in [3.63, 3.8) is 0 Å². The van der Waals surface area contributed by atoms with Crippen LogP contribution in [0.25, 0.3) is 6.08 Å². The van der Waals surface area contributed by atoms with Crippen LogP contribution in [0.5, 0.6) is 11.5 Å². The molecule has 0 aromatic heterocycles. The van der Waals surface area contributed by atoms with Gasteiger partial charge < -0.3 is 14.8 Å². The topological polar surface area (TPSA) is 47.6 Å². The van der Waals surface area contributed by atoms with Crippen LogP contribution in [0.2, 0.25) is 0 Å². The van der Waals surface area contributed by atoms with Gasteiger partial charge in [0, 0.05) is 18.7 Å². The molecule has 0 aliphatic rings. The van der Waals surface area contributed by atoms with Gasteiger partial charge in [-0.3, -0.25) is 4.79 Å². The molecule has 0 spiro atoms. The average molecular weight is 247 g/mol. The van der Waals surface area contributed by atoms with Gasteiger partial charge in [-0.25, -0.2) is 0 Å². The van der Waals surface area contributed by atoms with Crippen molar-refractivity contribution in [3.8, 4) is 11.5 Å². The lowest BCUT2D eigenvalue weighted by atomic mass is 10.2. The maximum Gasteiger partial charge on any atom is 0.244 e. The second-order valence-electron chi connectivity index (χ2n) is 3.51. The van der Waals surface area contributed by atoms with E-state index in [0.717, 1.165) is 5.56 Å². The number of carbonyl (C=O) groups excluding carboxylic acids is 1. The summed E-state index contributed by atoms with van der Waals surface area (Å²) in [5.74, 6) is 1.19. The summed E-state index contributed by atoms with van der Waals surface area (Å²) in [6, 6.07) is 5.41. The molecule has 0 heterocycles. The Kier molecular flexibility index (Phi) is 5.51. The fraction of sp³-hybridized carbons (Fsp3) is 0.214. The first-order valence-electron chi connectivity index (χ1n) is 5.49. The highest BCUT2D eigenvalue weighted by Gasteiger charge is 2.00. The van der Waals surface area contributed by atoms with Crippen LogP contribution < -0.4 is 14.8 Å². The third-order valence-electron chi connectivity index (χ3n) is 2.22. The zero-order valence-corrected chi connectivity index (χ0v) is 10.6. The van der Waals surface area contributed by atoms with Crippen LogP contribution >= 0.6 is 0 Å². The first-order valence-corrected chi connectivity index (χ1v) is 5.49. The molecule has 4 nitrogen and oxygen atoms in total. The standard InChI is InChI=1S/C14H17NO3/c1-4-7-15-14(16)6-5-11-8-12(17-2)10-13(9-11)18-3/h4-6,8-10H,1,7H2,2-3H3,(H,15,16)/b6-5+. The van der Waals surface area contributed by atoms with Gasteiger partial charge in [-0.15, -0.1) is 6.58 Å². The van der Waals surface area contributed by atoms with Gasteiger partial charge in [0.15, 0.2) is 0 Å². The molecular weight excluding hydrogens is 230 g/mol. The highest BCUT2D eigenvalue weighted by atomic mass is 16.5. The number of hydrogen-bond donors (Lipinski definition) is 1. The van der Waals surface area contributed by atoms with Gasteiger partial charge in [0.1, 0.15) is 11.5 Å². The molecule has 0 unspecified atom stereocenters. The predicted molar refractivity (Wildman–Crippen MR) is 71.8 cm³/mol. The molecule has 4 heteroatoms. The largest absolute Gasteiger partial charge is 0.497 e. The molecule has 1 aromatic carbocycles. The van der Waals surface area contributed by atoms with E-state index in [2.05, 4.69) is 11.9 Å². The molecule has 0 aliphatic carbocycles. The van der Waals surface area contributed by atoms with Crippen LogP contribution in [0.4, 0.5) is 0 Å². The minimum absolute atomic E-state index is 0.170. The molecule has 0 saturated carbocycles. The van der Waals surface area contributed by atoms with Crippen molar-refractivity contribution >= 4 is 12.0 Å². The van der Waals surface area contributed by atoms with Crippen molar-refractivity contribution < 1.29 is 14.3 Å². The van der Waals surface area contributed by atoms with E-state index in [1.54, 1.807) is 32.4 Å². The van der Waals surface area contributed by atoms with Crippen LogP contribution in [0.3, 0.4) is 0 Å². The number of amides is 1. The minimum Gasteiger partial charge on any atom is -0.497 e. The van der Waals surface area contributed by atoms with E-state index in [0.29, 0.717) is 18.0 Å². The predicted octanol–water partition coefficient (Wildman–Crippen LogP) is 2.02. The summed E-state index contributed by atoms with van der Waals surface area (Å²) in [4.78, 5) is 11.4. The Balaban J connectivity index is 2.79. The lowest BCUT2D eigenvalue weighted by Crippen LogP contribution is -2.20. The summed E-state index contributed by atoms with van der Waals surface area (Å²) in [7, 11) is 3.16. The van der Waals surface area contributed by atoms with E-state index < -0.39 is 0 Å². The highest BCUT2D eigenvalue weighted by Crippen LogP contribution is 2.23. The molecule has 0 fully saturated rings. The van der Waals surface area contributed by atoms with Gasteiger partial charge in [0.05, 0.1) is 14.2 Å². The molecule has 1 rings (SSSR count). The van der Waals surface area contributed by atoms with Crippen LogP contribution in [0, 0.1) is 0 Å². The molecule has 1 N–H and O–H groups in total. The van der Waals surface area contributed by atoms with E-state index in [-0.39, 0.29) is 5.91 Å². The Morgan fingerprint density at radius 1 is 1.28 bits per heavy atom. The second kappa shape index (κ2) is 7.17. The van der Waals surface area contributed by atoms with Gasteiger partial charge in [-0.2, -0.15) is 0 Å². The zero-order chi connectivity index (χ0) is 13.4. The lowest BCUT2D eigenvalue weighted by Gasteiger charge is -2.05. The monoisotopic (exact) mass is 247 g/mol. The van der Waals surface area contributed by atoms with Crippen molar-refractivity contribution in [2.24, 2.45) is 0 Å². The zero-order valence-electron chi connectivity index (χ0n) is 10.6. The Hall–Kier alpha value is -2.23. The van der Waals surface area contributed by atoms with Crippen LogP contribution in [-0.4, -0.2) is 26.7 Å². The summed E-state index contributed by atoms with van der Waals surface area (Å²) in [6.45, 7) is 3.97. The van der Waals surface area contributed by atoms with E-state index in [4.69, 9.17) is 9.47 Å². The van der Waals surface area contributed by atoms with Crippen molar-refractivity contribution in [1.82, 2.24) is 5.32 Å². The number of carbonyl (C=O) groups is 1. The van der Waals surface area contributed by atoms with Gasteiger partial charge >= 0.3 is 0 Å². The first kappa shape index (κ1) is 13.8. The lowest BCUT2D eigenvalue weighted by molar-refractivity contribution is -0.116. The summed E-state index contributed by atoms with van der Waals surface area (Å²) < 4.78 is 10.3. The van der Waals surface area contributed by atoms with E-state index in [1.807, 2.05) is 12.1 Å². The third kappa shape index (κ3) is 4.33. The Morgan fingerprint density at radius 2 is 1.89 bits per heavy atom. The molecule has 1 aromatic rings. The van der Waals surface area contributed by atoms with E-state index in [1.165, 1.54) is 6.08 Å². The van der Waals surface area contributed by atoms with Crippen molar-refractivity contribution in [2.75, 3.05) is 20.8 Å². The number of methoxy groups -OCH3 is 2. The minimum atomic E-state index is -0.170. The Bertz CT molecular complexity index is 430. The normalized spacial score (nSPS) is 10.1. The maximum absolute atomic E-state index is 11.4. The maximum atomic E-state index is 11.4. The summed E-state index contributed by atoms with van der Waals surface area (Å²) in [5, 5.41) is 2.65. The van der Waals surface area contributed by atoms with Gasteiger partial charge in [-0.1, -0.05) is 6.08 Å². The molecular formula is C14H17NO3. The summed E-state index contributed by atoms with van der Waals surface area (Å²) in [6.07, 6.45) is 4.78. The second-order valence-corrected chi connectivity index (χ2v) is 3.51. The SMILES string of the molecule is C=CCNC(=O)/C=C/c1cc(OC)cc(OC)c1. The molecule has 0 bridgehead atoms. The quantitative estimate of drug-likeness (QED) is 0.618. The Morgan fingerprint density at radius 3 is 2.39 bits per heavy atom. The summed E-state index contributed by atoms with van der Waals surface area (Å²) in [5.41, 5.74) is 0.833. The fourth-order valence-corrected chi connectivity index (χ4v) is 1.33. The number of hydrogen-bond acceptors (Lipinski definition) is 3. The first-order chi connectivity index (χ1) is 8.69. The molecule has 0 saturated heterocycles. The van der Waals surface area contributed by atoms with Gasteiger partial charge in [0.2, 0.25) is 5.91 Å². The third-order valence-corrected chi connectivity index (χ3v) is 2.22. The van der Waals surface area contributed by atoms with Crippen LogP contribution in [0.1, 0.15) is 5.56 Å². The van der Waals surface area contributed by atoms with Crippen molar-refractivity contribution in [2.45, 2.75) is 0 Å². The smallest absolute Gasteiger partial charge is 0.244 e. The van der Waals surface area contributed by atoms with Crippen LogP contribution in [0.15, 0.2) is 36.9 Å². The fourth-order valence-electron chi connectivity index (χ4n) is 1.33. The molecule has 96 valence electrons. The van der Waals surface area contributed by atoms with E-state index >= 15 is 0 Å². The number of ether oxygens (including phenoxy) is 2. The van der Waals surface area contributed by atoms with Gasteiger partial charge in [0.25, 0.3) is 0 Å². The molecule has 1 amide bonds. The van der Waals surface area contributed by atoms with E-state index in [9.17, 15) is 4.79 Å². The van der Waals surface area contributed by atoms with Crippen LogP contribution in [-0.2, 0) is 4.79 Å². The average Bonchev–Trinajstić information content (AvgIpc) is 2.42. The summed E-state index contributed by atoms with van der Waals surface area (Å²) >= 11 is 0. The molecule has 0 radical (unpaired) electrons. The number of rotatable bonds is 6. The van der Waals surface area contributed by atoms with Crippen molar-refractivity contribution in [1.29, 1.82) is 0 Å². The number of nitrogens with one attached hydrogen (secondary N) is 1. The Labute approximate surface area is 107 Å².